The van der Waals surface area contributed by atoms with Crippen LogP contribution in [0.4, 0.5) is 57.1 Å². The van der Waals surface area contributed by atoms with Gasteiger partial charge in [0.15, 0.2) is 0 Å². The highest BCUT2D eigenvalue weighted by Crippen LogP contribution is 2.60. The van der Waals surface area contributed by atoms with Crippen LogP contribution in [0.2, 0.25) is 0 Å². The molecule has 15 heteroatoms. The Labute approximate surface area is 161 Å². The molecule has 0 aromatic heterocycles. The van der Waals surface area contributed by atoms with Gasteiger partial charge in [0.25, 0.3) is 0 Å². The molecule has 178 valence electrons. The van der Waals surface area contributed by atoms with E-state index < -0.39 is 66.1 Å². The van der Waals surface area contributed by atoms with Gasteiger partial charge in [-0.1, -0.05) is 20.8 Å². The molecule has 2 unspecified atom stereocenters. The minimum atomic E-state index is -7.55. The fourth-order valence-corrected chi connectivity index (χ4v) is 2.63. The summed E-state index contributed by atoms with van der Waals surface area (Å²) >= 11 is 0. The first-order valence-electron chi connectivity index (χ1n) is 8.19. The molecule has 1 aliphatic rings. The van der Waals surface area contributed by atoms with Crippen LogP contribution in [0.1, 0.15) is 27.2 Å². The molecule has 1 amide bonds. The number of alkyl halides is 13. The van der Waals surface area contributed by atoms with Crippen molar-refractivity contribution in [1.29, 1.82) is 0 Å². The average molecular weight is 473 g/mol. The van der Waals surface area contributed by atoms with Crippen LogP contribution in [0.15, 0.2) is 0 Å². The zero-order valence-electron chi connectivity index (χ0n) is 15.4. The Morgan fingerprint density at radius 1 is 0.867 bits per heavy atom. The Balaban J connectivity index is 3.45. The summed E-state index contributed by atoms with van der Waals surface area (Å²) in [6, 6.07) is -2.78. The molecule has 0 N–H and O–H groups in total. The van der Waals surface area contributed by atoms with E-state index in [4.69, 9.17) is 0 Å². The van der Waals surface area contributed by atoms with Crippen molar-refractivity contribution in [1.82, 2.24) is 4.90 Å². The predicted molar refractivity (Wildman–Crippen MR) is 74.9 cm³/mol. The molecule has 0 aromatic rings. The van der Waals surface area contributed by atoms with Gasteiger partial charge in [-0.3, -0.25) is 4.79 Å². The van der Waals surface area contributed by atoms with Gasteiger partial charge < -0.3 is 4.90 Å². The maximum atomic E-state index is 14.1. The maximum absolute atomic E-state index is 14.1. The lowest BCUT2D eigenvalue weighted by Gasteiger charge is -2.40. The molecule has 1 saturated heterocycles. The number of nitrogens with zero attached hydrogens (tertiary/aromatic N) is 1. The van der Waals surface area contributed by atoms with Crippen LogP contribution < -0.4 is 0 Å². The second-order valence-corrected chi connectivity index (χ2v) is 7.48. The molecule has 2 atom stereocenters. The van der Waals surface area contributed by atoms with Gasteiger partial charge in [-0.05, 0) is 6.42 Å². The highest BCUT2D eigenvalue weighted by atomic mass is 19.4. The molecular formula is C15H16F13NO. The van der Waals surface area contributed by atoms with Crippen LogP contribution in [0.5, 0.6) is 0 Å². The average Bonchev–Trinajstić information content (AvgIpc) is 3.31. The third kappa shape index (κ3) is 3.92. The third-order valence-corrected chi connectivity index (χ3v) is 5.01. The molecule has 0 aromatic carbocycles. The van der Waals surface area contributed by atoms with Crippen LogP contribution in [-0.2, 0) is 4.79 Å². The minimum absolute atomic E-state index is 0.0308. The molecule has 1 rings (SSSR count). The molecule has 1 aliphatic heterocycles. The van der Waals surface area contributed by atoms with E-state index in [1.807, 2.05) is 0 Å². The number of halogens is 13. The van der Waals surface area contributed by atoms with Gasteiger partial charge in [-0.25, -0.2) is 8.78 Å². The van der Waals surface area contributed by atoms with Gasteiger partial charge in [-0.15, -0.1) is 0 Å². The van der Waals surface area contributed by atoms with Crippen molar-refractivity contribution in [3.05, 3.63) is 0 Å². The van der Waals surface area contributed by atoms with Crippen LogP contribution in [0.25, 0.3) is 0 Å². The summed E-state index contributed by atoms with van der Waals surface area (Å²) in [4.78, 5) is 12.1. The summed E-state index contributed by atoms with van der Waals surface area (Å²) in [5.74, 6) is -35.0. The molecule has 0 saturated carbocycles. The number of amides is 1. The van der Waals surface area contributed by atoms with Gasteiger partial charge in [0.1, 0.15) is 5.92 Å². The number of carbonyl (C=O) groups is 1. The lowest BCUT2D eigenvalue weighted by atomic mass is 9.86. The fourth-order valence-electron chi connectivity index (χ4n) is 2.63. The number of rotatable bonds is 8. The van der Waals surface area contributed by atoms with Crippen molar-refractivity contribution in [3.8, 4) is 0 Å². The van der Waals surface area contributed by atoms with Crippen molar-refractivity contribution in [3.63, 3.8) is 0 Å². The Morgan fingerprint density at radius 3 is 1.60 bits per heavy atom. The quantitative estimate of drug-likeness (QED) is 0.331. The van der Waals surface area contributed by atoms with Crippen molar-refractivity contribution >= 4 is 5.91 Å². The largest absolute Gasteiger partial charge is 0.399 e. The smallest absolute Gasteiger partial charge is 0.335 e. The molecule has 0 bridgehead atoms. The number of hydrogen-bond donors (Lipinski definition) is 0. The minimum Gasteiger partial charge on any atom is -0.335 e. The van der Waals surface area contributed by atoms with Crippen molar-refractivity contribution in [2.45, 2.75) is 69.5 Å². The van der Waals surface area contributed by atoms with E-state index in [0.717, 1.165) is 0 Å². The summed E-state index contributed by atoms with van der Waals surface area (Å²) in [6.45, 7) is 2.54. The topological polar surface area (TPSA) is 20.1 Å². The molecule has 0 aliphatic carbocycles. The molecule has 1 heterocycles. The van der Waals surface area contributed by atoms with Gasteiger partial charge in [0, 0.05) is 12.0 Å². The van der Waals surface area contributed by atoms with E-state index >= 15 is 0 Å². The Hall–Kier alpha value is -1.44. The SMILES string of the molecule is CCC(C)(C)C(=O)N1CC1C(C(F)(F)F)C(F)(F)C(F)(F)C(F)(F)C(F)(F)C(F)F. The van der Waals surface area contributed by atoms with Gasteiger partial charge in [-0.2, -0.15) is 48.3 Å². The Kier molecular flexibility index (Phi) is 6.48. The standard InChI is InChI=1S/C15H16F13NO/c1-4-10(2,3)9(30)29-5-6(29)7(13(22,23)24)11(18,19)14(25,26)15(27,28)12(20,21)8(16)17/h6-8H,4-5H2,1-3H3. The summed E-state index contributed by atoms with van der Waals surface area (Å²) < 4.78 is 172. The van der Waals surface area contributed by atoms with Crippen LogP contribution in [0, 0.1) is 11.3 Å². The van der Waals surface area contributed by atoms with E-state index in [9.17, 15) is 61.9 Å². The molecule has 0 spiro atoms. The van der Waals surface area contributed by atoms with Crippen molar-refractivity contribution in [2.24, 2.45) is 11.3 Å². The van der Waals surface area contributed by atoms with Crippen molar-refractivity contribution in [2.75, 3.05) is 6.54 Å². The lowest BCUT2D eigenvalue weighted by molar-refractivity contribution is -0.405. The Morgan fingerprint density at radius 2 is 1.27 bits per heavy atom. The molecular weight excluding hydrogens is 457 g/mol. The summed E-state index contributed by atoms with van der Waals surface area (Å²) in [7, 11) is 0. The second-order valence-electron chi connectivity index (χ2n) is 7.48. The van der Waals surface area contributed by atoms with Gasteiger partial charge in [0.2, 0.25) is 5.91 Å². The second kappa shape index (κ2) is 7.31. The molecule has 30 heavy (non-hydrogen) atoms. The summed E-state index contributed by atoms with van der Waals surface area (Å²) in [6.07, 6.45) is -12.0. The monoisotopic (exact) mass is 473 g/mol. The fraction of sp³-hybridized carbons (Fsp3) is 0.933. The van der Waals surface area contributed by atoms with Crippen LogP contribution >= 0.6 is 0 Å². The summed E-state index contributed by atoms with van der Waals surface area (Å²) in [5.41, 5.74) is -1.44. The predicted octanol–water partition coefficient (Wildman–Crippen LogP) is 5.62. The summed E-state index contributed by atoms with van der Waals surface area (Å²) in [5, 5.41) is 0. The number of carbonyl (C=O) groups excluding carboxylic acids is 1. The third-order valence-electron chi connectivity index (χ3n) is 5.01. The first-order chi connectivity index (χ1) is 13.0. The first kappa shape index (κ1) is 26.6. The van der Waals surface area contributed by atoms with Crippen molar-refractivity contribution < 1.29 is 61.9 Å². The maximum Gasteiger partial charge on any atom is 0.399 e. The highest BCUT2D eigenvalue weighted by molar-refractivity contribution is 5.84. The van der Waals surface area contributed by atoms with E-state index in [0.29, 0.717) is 0 Å². The van der Waals surface area contributed by atoms with Gasteiger partial charge in [0.05, 0.1) is 6.04 Å². The van der Waals surface area contributed by atoms with Gasteiger partial charge >= 0.3 is 36.3 Å². The van der Waals surface area contributed by atoms with E-state index in [1.54, 1.807) is 0 Å². The van der Waals surface area contributed by atoms with E-state index in [1.165, 1.54) is 20.8 Å². The zero-order valence-corrected chi connectivity index (χ0v) is 15.4. The first-order valence-corrected chi connectivity index (χ1v) is 8.19. The van der Waals surface area contributed by atoms with Crippen LogP contribution in [-0.4, -0.2) is 59.7 Å². The Bertz CT molecular complexity index is 655. The zero-order chi connectivity index (χ0) is 24.3. The number of hydrogen-bond acceptors (Lipinski definition) is 1. The highest BCUT2D eigenvalue weighted by Gasteiger charge is 2.87. The normalized spacial score (nSPS) is 20.6. The molecule has 2 nitrogen and oxygen atoms in total. The molecule has 0 radical (unpaired) electrons. The van der Waals surface area contributed by atoms with Crippen LogP contribution in [0.3, 0.4) is 0 Å². The van der Waals surface area contributed by atoms with E-state index in [-0.39, 0.29) is 11.3 Å². The molecule has 1 fully saturated rings. The van der Waals surface area contributed by atoms with E-state index in [2.05, 4.69) is 0 Å². The lowest BCUT2D eigenvalue weighted by Crippen LogP contribution is -2.68.